The predicted molar refractivity (Wildman–Crippen MR) is 117 cm³/mol. The lowest BCUT2D eigenvalue weighted by Gasteiger charge is -2.38. The lowest BCUT2D eigenvalue weighted by Crippen LogP contribution is -2.52. The van der Waals surface area contributed by atoms with Gasteiger partial charge in [-0.3, -0.25) is 14.4 Å². The SMILES string of the molecule is CC(C(=O)Nc1cc(-c2ccc(F)cc2)n(C)n1)N1CCN(c2ccc(F)cc2)CC1. The summed E-state index contributed by atoms with van der Waals surface area (Å²) in [4.78, 5) is 17.1. The van der Waals surface area contributed by atoms with Crippen LogP contribution in [0.5, 0.6) is 0 Å². The number of anilines is 2. The Morgan fingerprint density at radius 3 is 2.16 bits per heavy atom. The minimum atomic E-state index is -0.313. The summed E-state index contributed by atoms with van der Waals surface area (Å²) in [5.41, 5.74) is 2.60. The molecule has 1 aromatic heterocycles. The van der Waals surface area contributed by atoms with Crippen LogP contribution in [-0.2, 0) is 11.8 Å². The molecule has 2 aromatic carbocycles. The summed E-state index contributed by atoms with van der Waals surface area (Å²) in [6.07, 6.45) is 0. The fourth-order valence-electron chi connectivity index (χ4n) is 3.83. The molecule has 1 N–H and O–H groups in total. The molecule has 3 aromatic rings. The van der Waals surface area contributed by atoms with E-state index in [1.807, 2.05) is 6.92 Å². The van der Waals surface area contributed by atoms with E-state index in [2.05, 4.69) is 20.2 Å². The van der Waals surface area contributed by atoms with Gasteiger partial charge < -0.3 is 10.2 Å². The van der Waals surface area contributed by atoms with Crippen LogP contribution in [0, 0.1) is 11.6 Å². The van der Waals surface area contributed by atoms with Crippen molar-refractivity contribution >= 4 is 17.4 Å². The second-order valence-corrected chi connectivity index (χ2v) is 7.71. The van der Waals surface area contributed by atoms with Crippen molar-refractivity contribution in [1.29, 1.82) is 0 Å². The van der Waals surface area contributed by atoms with Crippen molar-refractivity contribution in [3.63, 3.8) is 0 Å². The van der Waals surface area contributed by atoms with Crippen LogP contribution in [0.25, 0.3) is 11.3 Å². The molecule has 0 radical (unpaired) electrons. The number of nitrogens with zero attached hydrogens (tertiary/aromatic N) is 4. The van der Waals surface area contributed by atoms with Crippen molar-refractivity contribution in [2.45, 2.75) is 13.0 Å². The highest BCUT2D eigenvalue weighted by Crippen LogP contribution is 2.23. The zero-order chi connectivity index (χ0) is 22.0. The number of piperazine rings is 1. The maximum atomic E-state index is 13.2. The zero-order valence-electron chi connectivity index (χ0n) is 17.6. The maximum Gasteiger partial charge on any atom is 0.242 e. The molecule has 0 saturated carbocycles. The van der Waals surface area contributed by atoms with Gasteiger partial charge in [-0.25, -0.2) is 8.78 Å². The van der Waals surface area contributed by atoms with E-state index in [1.54, 1.807) is 42.1 Å². The van der Waals surface area contributed by atoms with E-state index in [-0.39, 0.29) is 23.6 Å². The molecule has 2 heterocycles. The molecule has 1 fully saturated rings. The molecule has 8 heteroatoms. The van der Waals surface area contributed by atoms with E-state index in [9.17, 15) is 13.6 Å². The average molecular weight is 425 g/mol. The molecule has 6 nitrogen and oxygen atoms in total. The summed E-state index contributed by atoms with van der Waals surface area (Å²) in [7, 11) is 1.78. The standard InChI is InChI=1S/C23H25F2N5O/c1-16(29-11-13-30(14-12-29)20-9-7-19(25)8-10-20)23(31)26-22-15-21(28(2)27-22)17-3-5-18(24)6-4-17/h3-10,15-16H,11-14H2,1-2H3,(H,26,27,31). The summed E-state index contributed by atoms with van der Waals surface area (Å²) in [5.74, 6) is -0.208. The highest BCUT2D eigenvalue weighted by molar-refractivity contribution is 5.94. The second kappa shape index (κ2) is 8.85. The van der Waals surface area contributed by atoms with E-state index < -0.39 is 0 Å². The molecule has 1 aliphatic rings. The van der Waals surface area contributed by atoms with Gasteiger partial charge in [0, 0.05) is 50.5 Å². The van der Waals surface area contributed by atoms with Crippen LogP contribution >= 0.6 is 0 Å². The molecule has 0 spiro atoms. The Kier molecular flexibility index (Phi) is 5.99. The third-order valence-electron chi connectivity index (χ3n) is 5.70. The minimum absolute atomic E-state index is 0.126. The predicted octanol–water partition coefficient (Wildman–Crippen LogP) is 3.51. The number of hydrogen-bond donors (Lipinski definition) is 1. The Hall–Kier alpha value is -3.26. The van der Waals surface area contributed by atoms with Crippen molar-refractivity contribution in [2.24, 2.45) is 7.05 Å². The van der Waals surface area contributed by atoms with Gasteiger partial charge in [-0.05, 0) is 55.5 Å². The number of nitrogens with one attached hydrogen (secondary N) is 1. The van der Waals surface area contributed by atoms with Gasteiger partial charge in [0.05, 0.1) is 11.7 Å². The van der Waals surface area contributed by atoms with Gasteiger partial charge in [0.1, 0.15) is 11.6 Å². The first-order valence-electron chi connectivity index (χ1n) is 10.3. The number of amides is 1. The number of carbonyl (C=O) groups excluding carboxylic acids is 1. The first-order chi connectivity index (χ1) is 14.9. The van der Waals surface area contributed by atoms with Crippen LogP contribution in [0.2, 0.25) is 0 Å². The lowest BCUT2D eigenvalue weighted by atomic mass is 10.1. The highest BCUT2D eigenvalue weighted by atomic mass is 19.1. The van der Waals surface area contributed by atoms with Crippen LogP contribution in [0.1, 0.15) is 6.92 Å². The molecular formula is C23H25F2N5O. The summed E-state index contributed by atoms with van der Waals surface area (Å²) >= 11 is 0. The molecule has 1 atom stereocenters. The van der Waals surface area contributed by atoms with Crippen molar-refractivity contribution < 1.29 is 13.6 Å². The number of rotatable bonds is 5. The largest absolute Gasteiger partial charge is 0.369 e. The fourth-order valence-corrected chi connectivity index (χ4v) is 3.83. The van der Waals surface area contributed by atoms with Gasteiger partial charge in [0.2, 0.25) is 5.91 Å². The van der Waals surface area contributed by atoms with Crippen LogP contribution in [-0.4, -0.2) is 52.8 Å². The van der Waals surface area contributed by atoms with Gasteiger partial charge in [-0.2, -0.15) is 5.10 Å². The van der Waals surface area contributed by atoms with Crippen molar-refractivity contribution in [2.75, 3.05) is 36.4 Å². The molecule has 0 aliphatic carbocycles. The smallest absolute Gasteiger partial charge is 0.242 e. The van der Waals surface area contributed by atoms with E-state index in [4.69, 9.17) is 0 Å². The summed E-state index contributed by atoms with van der Waals surface area (Å²) < 4.78 is 28.0. The van der Waals surface area contributed by atoms with Crippen LogP contribution in [0.4, 0.5) is 20.3 Å². The molecule has 31 heavy (non-hydrogen) atoms. The molecule has 1 unspecified atom stereocenters. The first-order valence-corrected chi connectivity index (χ1v) is 10.3. The Bertz CT molecular complexity index is 1040. The van der Waals surface area contributed by atoms with Gasteiger partial charge in [0.25, 0.3) is 0 Å². The second-order valence-electron chi connectivity index (χ2n) is 7.71. The van der Waals surface area contributed by atoms with Gasteiger partial charge >= 0.3 is 0 Å². The Morgan fingerprint density at radius 2 is 1.55 bits per heavy atom. The number of benzene rings is 2. The number of hydrogen-bond acceptors (Lipinski definition) is 4. The quantitative estimate of drug-likeness (QED) is 0.680. The van der Waals surface area contributed by atoms with Gasteiger partial charge in [-0.15, -0.1) is 0 Å². The molecule has 1 saturated heterocycles. The van der Waals surface area contributed by atoms with Crippen molar-refractivity contribution in [3.05, 3.63) is 66.2 Å². The van der Waals surface area contributed by atoms with Crippen LogP contribution in [0.3, 0.4) is 0 Å². The Balaban J connectivity index is 1.35. The van der Waals surface area contributed by atoms with E-state index >= 15 is 0 Å². The molecule has 162 valence electrons. The summed E-state index contributed by atoms with van der Waals surface area (Å²) in [5, 5.41) is 7.26. The topological polar surface area (TPSA) is 53.4 Å². The highest BCUT2D eigenvalue weighted by Gasteiger charge is 2.26. The molecule has 1 amide bonds. The van der Waals surface area contributed by atoms with Crippen LogP contribution in [0.15, 0.2) is 54.6 Å². The first kappa shape index (κ1) is 21.0. The molecule has 1 aliphatic heterocycles. The molecular weight excluding hydrogens is 400 g/mol. The fraction of sp³-hybridized carbons (Fsp3) is 0.304. The Labute approximate surface area is 180 Å². The van der Waals surface area contributed by atoms with Crippen LogP contribution < -0.4 is 10.2 Å². The number of aryl methyl sites for hydroxylation is 1. The molecule has 4 rings (SSSR count). The monoisotopic (exact) mass is 425 g/mol. The molecule has 0 bridgehead atoms. The zero-order valence-corrected chi connectivity index (χ0v) is 17.6. The third kappa shape index (κ3) is 4.74. The van der Waals surface area contributed by atoms with Gasteiger partial charge in [0.15, 0.2) is 5.82 Å². The lowest BCUT2D eigenvalue weighted by molar-refractivity contribution is -0.120. The number of carbonyl (C=O) groups is 1. The average Bonchev–Trinajstić information content (AvgIpc) is 3.14. The maximum absolute atomic E-state index is 13.2. The van der Waals surface area contributed by atoms with E-state index in [1.165, 1.54) is 24.3 Å². The van der Waals surface area contributed by atoms with Crippen molar-refractivity contribution in [3.8, 4) is 11.3 Å². The minimum Gasteiger partial charge on any atom is -0.369 e. The number of aromatic nitrogens is 2. The number of halogens is 2. The van der Waals surface area contributed by atoms with E-state index in [0.717, 1.165) is 43.1 Å². The third-order valence-corrected chi connectivity index (χ3v) is 5.70. The van der Waals surface area contributed by atoms with E-state index in [0.29, 0.717) is 5.82 Å². The summed E-state index contributed by atoms with van der Waals surface area (Å²) in [6.45, 7) is 4.87. The van der Waals surface area contributed by atoms with Crippen molar-refractivity contribution in [1.82, 2.24) is 14.7 Å². The normalized spacial score (nSPS) is 15.7. The summed E-state index contributed by atoms with van der Waals surface area (Å²) in [6, 6.07) is 14.1. The Morgan fingerprint density at radius 1 is 0.968 bits per heavy atom. The van der Waals surface area contributed by atoms with Gasteiger partial charge in [-0.1, -0.05) is 0 Å².